The van der Waals surface area contributed by atoms with Gasteiger partial charge in [0.15, 0.2) is 0 Å². The van der Waals surface area contributed by atoms with Gasteiger partial charge in [0.05, 0.1) is 0 Å². The summed E-state index contributed by atoms with van der Waals surface area (Å²) in [4.78, 5) is 10.5. The van der Waals surface area contributed by atoms with Gasteiger partial charge in [0.25, 0.3) is 0 Å². The van der Waals surface area contributed by atoms with Crippen LogP contribution >= 0.6 is 23.2 Å². The Balaban J connectivity index is 2.21. The van der Waals surface area contributed by atoms with Gasteiger partial charge in [-0.3, -0.25) is 4.79 Å². The standard InChI is InChI=1S/C13H8Cl2O2/c14-10-5-11(15)7-13(6-10)17-12-3-1-9(8-16)2-4-12/h1-8H. The summed E-state index contributed by atoms with van der Waals surface area (Å²) in [6, 6.07) is 11.7. The molecule has 2 nitrogen and oxygen atoms in total. The quantitative estimate of drug-likeness (QED) is 0.760. The van der Waals surface area contributed by atoms with E-state index in [0.29, 0.717) is 27.1 Å². The highest BCUT2D eigenvalue weighted by Gasteiger charge is 2.01. The molecule has 0 radical (unpaired) electrons. The number of carbonyl (C=O) groups excluding carboxylic acids is 1. The van der Waals surface area contributed by atoms with Crippen LogP contribution in [0, 0.1) is 0 Å². The zero-order valence-electron chi connectivity index (χ0n) is 8.69. The number of ether oxygens (including phenoxy) is 1. The van der Waals surface area contributed by atoms with Crippen LogP contribution < -0.4 is 4.74 Å². The molecule has 0 fully saturated rings. The fraction of sp³-hybridized carbons (Fsp3) is 0. The van der Waals surface area contributed by atoms with E-state index >= 15 is 0 Å². The Kier molecular flexibility index (Phi) is 3.67. The van der Waals surface area contributed by atoms with E-state index in [1.807, 2.05) is 0 Å². The molecule has 0 aliphatic heterocycles. The second-order valence-electron chi connectivity index (χ2n) is 3.39. The maximum absolute atomic E-state index is 10.5. The SMILES string of the molecule is O=Cc1ccc(Oc2cc(Cl)cc(Cl)c2)cc1. The highest BCUT2D eigenvalue weighted by atomic mass is 35.5. The summed E-state index contributed by atoms with van der Waals surface area (Å²) >= 11 is 11.7. The van der Waals surface area contributed by atoms with Crippen molar-refractivity contribution in [3.05, 3.63) is 58.1 Å². The van der Waals surface area contributed by atoms with Crippen molar-refractivity contribution in [1.29, 1.82) is 0 Å². The molecule has 86 valence electrons. The first kappa shape index (κ1) is 12.0. The number of hydrogen-bond acceptors (Lipinski definition) is 2. The molecular weight excluding hydrogens is 259 g/mol. The van der Waals surface area contributed by atoms with Crippen LogP contribution in [-0.2, 0) is 0 Å². The van der Waals surface area contributed by atoms with E-state index in [0.717, 1.165) is 6.29 Å². The van der Waals surface area contributed by atoms with Crippen LogP contribution in [0.4, 0.5) is 0 Å². The minimum Gasteiger partial charge on any atom is -0.457 e. The minimum atomic E-state index is 0.511. The summed E-state index contributed by atoms with van der Waals surface area (Å²) in [5.41, 5.74) is 0.599. The fourth-order valence-corrected chi connectivity index (χ4v) is 1.84. The molecular formula is C13H8Cl2O2. The largest absolute Gasteiger partial charge is 0.457 e. The summed E-state index contributed by atoms with van der Waals surface area (Å²) in [5.74, 6) is 1.18. The first-order chi connectivity index (χ1) is 8.17. The third kappa shape index (κ3) is 3.22. The Labute approximate surface area is 109 Å². The van der Waals surface area contributed by atoms with E-state index < -0.39 is 0 Å². The topological polar surface area (TPSA) is 26.3 Å². The van der Waals surface area contributed by atoms with E-state index in [9.17, 15) is 4.79 Å². The normalized spacial score (nSPS) is 10.0. The number of rotatable bonds is 3. The summed E-state index contributed by atoms with van der Waals surface area (Å²) < 4.78 is 5.55. The Morgan fingerprint density at radius 3 is 2.00 bits per heavy atom. The average molecular weight is 267 g/mol. The molecule has 0 saturated carbocycles. The van der Waals surface area contributed by atoms with Crippen LogP contribution in [0.3, 0.4) is 0 Å². The molecule has 0 unspecified atom stereocenters. The molecule has 0 aliphatic rings. The molecule has 0 spiro atoms. The Morgan fingerprint density at radius 2 is 1.47 bits per heavy atom. The van der Waals surface area contributed by atoms with Crippen molar-refractivity contribution >= 4 is 29.5 Å². The fourth-order valence-electron chi connectivity index (χ4n) is 1.34. The van der Waals surface area contributed by atoms with Gasteiger partial charge in [-0.05, 0) is 42.5 Å². The Morgan fingerprint density at radius 1 is 0.882 bits per heavy atom. The Hall–Kier alpha value is -1.51. The van der Waals surface area contributed by atoms with Crippen LogP contribution in [0.2, 0.25) is 10.0 Å². The molecule has 17 heavy (non-hydrogen) atoms. The second-order valence-corrected chi connectivity index (χ2v) is 4.27. The molecule has 2 aromatic rings. The van der Waals surface area contributed by atoms with E-state index in [4.69, 9.17) is 27.9 Å². The van der Waals surface area contributed by atoms with Gasteiger partial charge in [-0.15, -0.1) is 0 Å². The number of carbonyl (C=O) groups is 1. The summed E-state index contributed by atoms with van der Waals surface area (Å²) in [6.07, 6.45) is 0.778. The molecule has 0 heterocycles. The third-order valence-corrected chi connectivity index (χ3v) is 2.52. The van der Waals surface area contributed by atoms with Crippen molar-refractivity contribution in [1.82, 2.24) is 0 Å². The molecule has 0 atom stereocenters. The second kappa shape index (κ2) is 5.21. The first-order valence-corrected chi connectivity index (χ1v) is 5.62. The highest BCUT2D eigenvalue weighted by molar-refractivity contribution is 6.34. The van der Waals surface area contributed by atoms with E-state index in [1.54, 1.807) is 42.5 Å². The van der Waals surface area contributed by atoms with Crippen LogP contribution in [0.25, 0.3) is 0 Å². The van der Waals surface area contributed by atoms with Crippen LogP contribution in [-0.4, -0.2) is 6.29 Å². The number of halogens is 2. The zero-order chi connectivity index (χ0) is 12.3. The van der Waals surface area contributed by atoms with Crippen molar-refractivity contribution in [3.8, 4) is 11.5 Å². The zero-order valence-corrected chi connectivity index (χ0v) is 10.2. The van der Waals surface area contributed by atoms with Gasteiger partial charge >= 0.3 is 0 Å². The number of aldehydes is 1. The van der Waals surface area contributed by atoms with Gasteiger partial charge in [-0.1, -0.05) is 23.2 Å². The predicted molar refractivity (Wildman–Crippen MR) is 68.4 cm³/mol. The van der Waals surface area contributed by atoms with E-state index in [2.05, 4.69) is 0 Å². The molecule has 0 saturated heterocycles. The van der Waals surface area contributed by atoms with Gasteiger partial charge in [0.1, 0.15) is 17.8 Å². The van der Waals surface area contributed by atoms with Crippen molar-refractivity contribution in [2.75, 3.05) is 0 Å². The van der Waals surface area contributed by atoms with Crippen LogP contribution in [0.15, 0.2) is 42.5 Å². The van der Waals surface area contributed by atoms with Gasteiger partial charge in [-0.25, -0.2) is 0 Å². The van der Waals surface area contributed by atoms with E-state index in [1.165, 1.54) is 0 Å². The van der Waals surface area contributed by atoms with Gasteiger partial charge in [0, 0.05) is 15.6 Å². The molecule has 0 N–H and O–H groups in total. The smallest absolute Gasteiger partial charge is 0.150 e. The lowest BCUT2D eigenvalue weighted by molar-refractivity contribution is 0.112. The first-order valence-electron chi connectivity index (χ1n) is 4.86. The van der Waals surface area contributed by atoms with Gasteiger partial charge < -0.3 is 4.74 Å². The van der Waals surface area contributed by atoms with Gasteiger partial charge in [-0.2, -0.15) is 0 Å². The maximum Gasteiger partial charge on any atom is 0.150 e. The Bertz CT molecular complexity index is 515. The highest BCUT2D eigenvalue weighted by Crippen LogP contribution is 2.28. The lowest BCUT2D eigenvalue weighted by atomic mass is 10.2. The number of hydrogen-bond donors (Lipinski definition) is 0. The summed E-state index contributed by atoms with van der Waals surface area (Å²) in [7, 11) is 0. The molecule has 2 aromatic carbocycles. The monoisotopic (exact) mass is 266 g/mol. The molecule has 4 heteroatoms. The predicted octanol–water partition coefficient (Wildman–Crippen LogP) is 4.60. The lowest BCUT2D eigenvalue weighted by Crippen LogP contribution is -1.85. The minimum absolute atomic E-state index is 0.511. The third-order valence-electron chi connectivity index (χ3n) is 2.09. The van der Waals surface area contributed by atoms with Crippen molar-refractivity contribution in [3.63, 3.8) is 0 Å². The summed E-state index contributed by atoms with van der Waals surface area (Å²) in [5, 5.41) is 1.02. The number of benzene rings is 2. The van der Waals surface area contributed by atoms with Gasteiger partial charge in [0.2, 0.25) is 0 Å². The van der Waals surface area contributed by atoms with Crippen molar-refractivity contribution in [2.24, 2.45) is 0 Å². The van der Waals surface area contributed by atoms with Crippen molar-refractivity contribution in [2.45, 2.75) is 0 Å². The summed E-state index contributed by atoms with van der Waals surface area (Å²) in [6.45, 7) is 0. The molecule has 2 rings (SSSR count). The lowest BCUT2D eigenvalue weighted by Gasteiger charge is -2.06. The van der Waals surface area contributed by atoms with E-state index in [-0.39, 0.29) is 0 Å². The van der Waals surface area contributed by atoms with Crippen LogP contribution in [0.5, 0.6) is 11.5 Å². The van der Waals surface area contributed by atoms with Crippen LogP contribution in [0.1, 0.15) is 10.4 Å². The molecule has 0 aromatic heterocycles. The van der Waals surface area contributed by atoms with Crippen molar-refractivity contribution < 1.29 is 9.53 Å². The maximum atomic E-state index is 10.5. The molecule has 0 bridgehead atoms. The molecule has 0 amide bonds. The average Bonchev–Trinajstić information content (AvgIpc) is 2.28. The molecule has 0 aliphatic carbocycles.